The zero-order valence-electron chi connectivity index (χ0n) is 7.88. The number of carbonyl (C=O) groups is 1. The van der Waals surface area contributed by atoms with Crippen LogP contribution in [-0.4, -0.2) is 26.0 Å². The average molecular weight is 245 g/mol. The highest BCUT2D eigenvalue weighted by Gasteiger charge is 2.13. The molecule has 1 rings (SSSR count). The minimum atomic E-state index is -3.30. The summed E-state index contributed by atoms with van der Waals surface area (Å²) in [6.45, 7) is 0.0690. The zero-order chi connectivity index (χ0) is 11.3. The van der Waals surface area contributed by atoms with Gasteiger partial charge in [0.2, 0.25) is 0 Å². The van der Waals surface area contributed by atoms with E-state index >= 15 is 0 Å². The molecule has 0 saturated carbocycles. The molecule has 1 amide bonds. The Morgan fingerprint density at radius 3 is 2.40 bits per heavy atom. The Morgan fingerprint density at radius 2 is 1.87 bits per heavy atom. The van der Waals surface area contributed by atoms with Crippen LogP contribution in [0.5, 0.6) is 0 Å². The van der Waals surface area contributed by atoms with Crippen molar-refractivity contribution in [1.82, 2.24) is 5.32 Å². The fraction of sp³-hybridized carbons (Fsp3) is 0.222. The van der Waals surface area contributed by atoms with Gasteiger partial charge in [0, 0.05) is 6.54 Å². The quantitative estimate of drug-likeness (QED) is 0.781. The molecule has 0 saturated heterocycles. The summed E-state index contributed by atoms with van der Waals surface area (Å²) in [5.41, 5.74) is 0. The number of sulfone groups is 1. The molecule has 0 atom stereocenters. The number of hydrogen-bond donors (Lipinski definition) is 2. The fourth-order valence-electron chi connectivity index (χ4n) is 1.04. The molecule has 0 radical (unpaired) electrons. The van der Waals surface area contributed by atoms with Crippen LogP contribution in [-0.2, 0) is 9.84 Å². The van der Waals surface area contributed by atoms with E-state index in [1.807, 2.05) is 0 Å². The van der Waals surface area contributed by atoms with Crippen molar-refractivity contribution in [3.63, 3.8) is 0 Å². The molecular formula is C9H11NO3S2. The van der Waals surface area contributed by atoms with Crippen LogP contribution in [0.15, 0.2) is 35.2 Å². The second kappa shape index (κ2) is 5.18. The summed E-state index contributed by atoms with van der Waals surface area (Å²) < 4.78 is 23.3. The number of hydrogen-bond acceptors (Lipinski definition) is 3. The van der Waals surface area contributed by atoms with E-state index in [0.29, 0.717) is 0 Å². The van der Waals surface area contributed by atoms with Crippen LogP contribution in [0.4, 0.5) is 4.79 Å². The second-order valence-corrected chi connectivity index (χ2v) is 5.38. The Morgan fingerprint density at radius 1 is 1.27 bits per heavy atom. The van der Waals surface area contributed by atoms with Gasteiger partial charge in [0.15, 0.2) is 9.84 Å². The summed E-state index contributed by atoms with van der Waals surface area (Å²) in [5.74, 6) is -0.122. The molecule has 0 heterocycles. The van der Waals surface area contributed by atoms with Crippen molar-refractivity contribution in [3.05, 3.63) is 30.3 Å². The van der Waals surface area contributed by atoms with Crippen molar-refractivity contribution in [2.24, 2.45) is 0 Å². The zero-order valence-corrected chi connectivity index (χ0v) is 9.59. The first-order valence-electron chi connectivity index (χ1n) is 4.27. The minimum Gasteiger partial charge on any atom is -0.346 e. The summed E-state index contributed by atoms with van der Waals surface area (Å²) in [6.07, 6.45) is 0. The van der Waals surface area contributed by atoms with E-state index in [2.05, 4.69) is 17.9 Å². The molecule has 1 aromatic carbocycles. The van der Waals surface area contributed by atoms with E-state index in [1.165, 1.54) is 12.1 Å². The van der Waals surface area contributed by atoms with E-state index in [-0.39, 0.29) is 17.2 Å². The van der Waals surface area contributed by atoms with Crippen molar-refractivity contribution in [2.45, 2.75) is 4.90 Å². The smallest absolute Gasteiger partial charge is 0.276 e. The van der Waals surface area contributed by atoms with Crippen molar-refractivity contribution in [3.8, 4) is 0 Å². The number of rotatable bonds is 4. The Kier molecular flexibility index (Phi) is 4.16. The Balaban J connectivity index is 2.65. The Labute approximate surface area is 94.0 Å². The van der Waals surface area contributed by atoms with Gasteiger partial charge in [0.25, 0.3) is 5.24 Å². The standard InChI is InChI=1S/C9H11NO3S2/c11-9(14)10-6-7-15(12,13)8-4-2-1-3-5-8/h1-5H,6-7H2,(H2,10,11,14). The predicted octanol–water partition coefficient (Wildman–Crippen LogP) is 1.10. The third-order valence-electron chi connectivity index (χ3n) is 1.75. The van der Waals surface area contributed by atoms with Crippen LogP contribution < -0.4 is 5.32 Å². The number of thiol groups is 1. The van der Waals surface area contributed by atoms with Gasteiger partial charge in [0.1, 0.15) is 0 Å². The lowest BCUT2D eigenvalue weighted by Crippen LogP contribution is -2.24. The highest BCUT2D eigenvalue weighted by atomic mass is 32.2. The maximum Gasteiger partial charge on any atom is 0.276 e. The molecule has 0 aliphatic heterocycles. The highest BCUT2D eigenvalue weighted by Crippen LogP contribution is 2.09. The van der Waals surface area contributed by atoms with Gasteiger partial charge in [-0.05, 0) is 12.1 Å². The lowest BCUT2D eigenvalue weighted by atomic mass is 10.4. The third kappa shape index (κ3) is 3.93. The van der Waals surface area contributed by atoms with Gasteiger partial charge in [-0.25, -0.2) is 8.42 Å². The van der Waals surface area contributed by atoms with Crippen molar-refractivity contribution >= 4 is 27.7 Å². The Hall–Kier alpha value is -1.01. The number of benzene rings is 1. The van der Waals surface area contributed by atoms with E-state index in [0.717, 1.165) is 0 Å². The summed E-state index contributed by atoms with van der Waals surface area (Å²) in [5, 5.41) is 1.79. The van der Waals surface area contributed by atoms with Crippen LogP contribution in [0.2, 0.25) is 0 Å². The van der Waals surface area contributed by atoms with E-state index in [1.54, 1.807) is 18.2 Å². The lowest BCUT2D eigenvalue weighted by molar-refractivity contribution is 0.261. The van der Waals surface area contributed by atoms with Gasteiger partial charge >= 0.3 is 0 Å². The van der Waals surface area contributed by atoms with Crippen molar-refractivity contribution < 1.29 is 13.2 Å². The first kappa shape index (κ1) is 12.1. The first-order valence-corrected chi connectivity index (χ1v) is 6.37. The van der Waals surface area contributed by atoms with Crippen LogP contribution in [0.3, 0.4) is 0 Å². The fourth-order valence-corrected chi connectivity index (χ4v) is 2.33. The lowest BCUT2D eigenvalue weighted by Gasteiger charge is -2.04. The molecular weight excluding hydrogens is 234 g/mol. The monoisotopic (exact) mass is 245 g/mol. The molecule has 0 bridgehead atoms. The summed E-state index contributed by atoms with van der Waals surface area (Å²) in [7, 11) is -3.30. The predicted molar refractivity (Wildman–Crippen MR) is 60.9 cm³/mol. The van der Waals surface area contributed by atoms with Crippen molar-refractivity contribution in [2.75, 3.05) is 12.3 Å². The molecule has 0 fully saturated rings. The maximum atomic E-state index is 11.6. The van der Waals surface area contributed by atoms with E-state index in [9.17, 15) is 13.2 Å². The van der Waals surface area contributed by atoms with Gasteiger partial charge < -0.3 is 5.32 Å². The van der Waals surface area contributed by atoms with Gasteiger partial charge in [-0.1, -0.05) is 30.8 Å². The third-order valence-corrected chi connectivity index (χ3v) is 3.64. The SMILES string of the molecule is O=C(S)NCCS(=O)(=O)c1ccccc1. The highest BCUT2D eigenvalue weighted by molar-refractivity contribution is 7.96. The van der Waals surface area contributed by atoms with Crippen molar-refractivity contribution in [1.29, 1.82) is 0 Å². The second-order valence-electron chi connectivity index (χ2n) is 2.86. The van der Waals surface area contributed by atoms with Gasteiger partial charge in [-0.3, -0.25) is 4.79 Å². The summed E-state index contributed by atoms with van der Waals surface area (Å²) in [6, 6.07) is 8.11. The molecule has 0 spiro atoms. The molecule has 82 valence electrons. The van der Waals surface area contributed by atoms with Gasteiger partial charge in [-0.15, -0.1) is 0 Å². The molecule has 1 aromatic rings. The molecule has 0 aliphatic carbocycles. The maximum absolute atomic E-state index is 11.6. The Bertz CT molecular complexity index is 428. The average Bonchev–Trinajstić information content (AvgIpc) is 2.18. The largest absolute Gasteiger partial charge is 0.346 e. The van der Waals surface area contributed by atoms with E-state index < -0.39 is 15.1 Å². The van der Waals surface area contributed by atoms with Crippen LogP contribution in [0, 0.1) is 0 Å². The number of nitrogens with one attached hydrogen (secondary N) is 1. The number of amides is 1. The first-order chi connectivity index (χ1) is 7.02. The number of carbonyl (C=O) groups excluding carboxylic acids is 1. The molecule has 4 nitrogen and oxygen atoms in total. The van der Waals surface area contributed by atoms with E-state index in [4.69, 9.17) is 0 Å². The summed E-state index contributed by atoms with van der Waals surface area (Å²) >= 11 is 3.47. The van der Waals surface area contributed by atoms with Crippen LogP contribution in [0.1, 0.15) is 0 Å². The van der Waals surface area contributed by atoms with Gasteiger partial charge in [-0.2, -0.15) is 0 Å². The normalized spacial score (nSPS) is 11.0. The van der Waals surface area contributed by atoms with Crippen LogP contribution in [0.25, 0.3) is 0 Å². The molecule has 1 N–H and O–H groups in total. The topological polar surface area (TPSA) is 63.2 Å². The molecule has 0 aromatic heterocycles. The summed E-state index contributed by atoms with van der Waals surface area (Å²) in [4.78, 5) is 10.7. The van der Waals surface area contributed by atoms with Gasteiger partial charge in [0.05, 0.1) is 10.6 Å². The molecule has 0 aliphatic rings. The molecule has 6 heteroatoms. The van der Waals surface area contributed by atoms with Crippen LogP contribution >= 0.6 is 12.6 Å². The minimum absolute atomic E-state index is 0.0690. The molecule has 15 heavy (non-hydrogen) atoms. The molecule has 0 unspecified atom stereocenters.